The number of ether oxygens (including phenoxy) is 1. The lowest BCUT2D eigenvalue weighted by Gasteiger charge is -2.25. The number of aliphatic carboxylic acids is 1. The fourth-order valence-corrected chi connectivity index (χ4v) is 4.22. The van der Waals surface area contributed by atoms with Crippen LogP contribution in [0.3, 0.4) is 0 Å². The molecule has 0 spiro atoms. The van der Waals surface area contributed by atoms with Crippen LogP contribution in [0.15, 0.2) is 48.5 Å². The Morgan fingerprint density at radius 3 is 2.18 bits per heavy atom. The summed E-state index contributed by atoms with van der Waals surface area (Å²) in [6, 6.07) is 14.9. The number of hydrogen-bond acceptors (Lipinski definition) is 4. The Morgan fingerprint density at radius 2 is 1.64 bits per heavy atom. The average molecular weight is 453 g/mol. The van der Waals surface area contributed by atoms with Crippen molar-refractivity contribution in [3.63, 3.8) is 0 Å². The number of likely N-dealkylation sites (N-methyl/N-ethyl adjacent to an activating group) is 1. The monoisotopic (exact) mass is 452 g/mol. The predicted octanol–water partition coefficient (Wildman–Crippen LogP) is 4.41. The van der Waals surface area contributed by atoms with E-state index in [1.807, 2.05) is 31.2 Å². The van der Waals surface area contributed by atoms with Crippen LogP contribution in [-0.2, 0) is 14.3 Å². The van der Waals surface area contributed by atoms with Crippen LogP contribution >= 0.6 is 0 Å². The summed E-state index contributed by atoms with van der Waals surface area (Å²) < 4.78 is 5.61. The number of fused-ring (bicyclic) bond motifs is 3. The highest BCUT2D eigenvalue weighted by atomic mass is 16.5. The maximum Gasteiger partial charge on any atom is 0.407 e. The molecule has 0 aromatic heterocycles. The molecule has 0 fully saturated rings. The van der Waals surface area contributed by atoms with Gasteiger partial charge in [-0.15, -0.1) is 0 Å². The number of alkyl carbamates (subject to hydrolysis) is 1. The lowest BCUT2D eigenvalue weighted by atomic mass is 9.98. The molecule has 0 saturated carbocycles. The summed E-state index contributed by atoms with van der Waals surface area (Å²) in [5, 5.41) is 12.0. The van der Waals surface area contributed by atoms with E-state index >= 15 is 0 Å². The van der Waals surface area contributed by atoms with Gasteiger partial charge >= 0.3 is 12.1 Å². The molecule has 7 heteroatoms. The zero-order valence-corrected chi connectivity index (χ0v) is 19.4. The normalized spacial score (nSPS) is 14.0. The quantitative estimate of drug-likeness (QED) is 0.557. The summed E-state index contributed by atoms with van der Waals surface area (Å²) in [5.41, 5.74) is 4.58. The molecule has 33 heavy (non-hydrogen) atoms. The van der Waals surface area contributed by atoms with E-state index < -0.39 is 24.1 Å². The average Bonchev–Trinajstić information content (AvgIpc) is 3.13. The van der Waals surface area contributed by atoms with Crippen molar-refractivity contribution in [3.8, 4) is 11.1 Å². The molecular weight excluding hydrogens is 420 g/mol. The summed E-state index contributed by atoms with van der Waals surface area (Å²) in [5.74, 6) is -1.44. The van der Waals surface area contributed by atoms with Gasteiger partial charge in [-0.1, -0.05) is 68.3 Å². The largest absolute Gasteiger partial charge is 0.480 e. The van der Waals surface area contributed by atoms with Gasteiger partial charge in [-0.05, 0) is 35.6 Å². The van der Waals surface area contributed by atoms with E-state index in [0.717, 1.165) is 35.1 Å². The SMILES string of the molecule is CCCC[C@@H](CC(=O)N(C)C(C)C(=O)O)NC(=O)OCC1c2ccccc2-c2ccccc21. The smallest absolute Gasteiger partial charge is 0.407 e. The first-order valence-corrected chi connectivity index (χ1v) is 11.4. The van der Waals surface area contributed by atoms with Crippen LogP contribution < -0.4 is 5.32 Å². The van der Waals surface area contributed by atoms with E-state index in [4.69, 9.17) is 9.84 Å². The highest BCUT2D eigenvalue weighted by Gasteiger charge is 2.30. The molecule has 2 amide bonds. The molecule has 176 valence electrons. The van der Waals surface area contributed by atoms with Gasteiger partial charge in [0.05, 0.1) is 0 Å². The highest BCUT2D eigenvalue weighted by molar-refractivity contribution is 5.84. The Labute approximate surface area is 194 Å². The topological polar surface area (TPSA) is 95.9 Å². The number of carboxylic acid groups (broad SMARTS) is 1. The van der Waals surface area contributed by atoms with Gasteiger partial charge in [0.15, 0.2) is 0 Å². The van der Waals surface area contributed by atoms with Gasteiger partial charge in [0, 0.05) is 25.4 Å². The molecule has 0 heterocycles. The Balaban J connectivity index is 1.63. The number of nitrogens with one attached hydrogen (secondary N) is 1. The lowest BCUT2D eigenvalue weighted by molar-refractivity contribution is -0.148. The van der Waals surface area contributed by atoms with Crippen molar-refractivity contribution in [1.82, 2.24) is 10.2 Å². The van der Waals surface area contributed by atoms with Crippen LogP contribution in [0.4, 0.5) is 4.79 Å². The van der Waals surface area contributed by atoms with Crippen LogP contribution in [0.2, 0.25) is 0 Å². The van der Waals surface area contributed by atoms with E-state index in [2.05, 4.69) is 29.6 Å². The third-order valence-corrected chi connectivity index (χ3v) is 6.32. The number of carbonyl (C=O) groups is 3. The molecule has 2 aromatic carbocycles. The maximum absolute atomic E-state index is 12.6. The zero-order valence-electron chi connectivity index (χ0n) is 19.4. The molecule has 7 nitrogen and oxygen atoms in total. The van der Waals surface area contributed by atoms with Gasteiger partial charge in [0.2, 0.25) is 5.91 Å². The fourth-order valence-electron chi connectivity index (χ4n) is 4.22. The van der Waals surface area contributed by atoms with Crippen LogP contribution in [0.25, 0.3) is 11.1 Å². The van der Waals surface area contributed by atoms with Crippen molar-refractivity contribution >= 4 is 18.0 Å². The van der Waals surface area contributed by atoms with Crippen molar-refractivity contribution in [2.45, 2.75) is 57.5 Å². The van der Waals surface area contributed by atoms with E-state index in [1.165, 1.54) is 18.9 Å². The van der Waals surface area contributed by atoms with Crippen LogP contribution in [-0.4, -0.2) is 53.7 Å². The molecule has 2 N–H and O–H groups in total. The number of unbranched alkanes of at least 4 members (excludes halogenated alkanes) is 1. The number of amides is 2. The Bertz CT molecular complexity index is 960. The molecule has 0 bridgehead atoms. The molecule has 1 aliphatic rings. The van der Waals surface area contributed by atoms with Crippen molar-refractivity contribution in [2.75, 3.05) is 13.7 Å². The minimum atomic E-state index is -1.07. The van der Waals surface area contributed by atoms with Gasteiger partial charge in [-0.3, -0.25) is 4.79 Å². The summed E-state index contributed by atoms with van der Waals surface area (Å²) in [6.45, 7) is 3.69. The van der Waals surface area contributed by atoms with Gasteiger partial charge in [0.1, 0.15) is 12.6 Å². The lowest BCUT2D eigenvalue weighted by Crippen LogP contribution is -2.44. The minimum Gasteiger partial charge on any atom is -0.480 e. The highest BCUT2D eigenvalue weighted by Crippen LogP contribution is 2.44. The number of benzene rings is 2. The molecule has 1 aliphatic carbocycles. The Hall–Kier alpha value is -3.35. The third-order valence-electron chi connectivity index (χ3n) is 6.32. The molecule has 1 unspecified atom stereocenters. The molecule has 0 saturated heterocycles. The molecular formula is C26H32N2O5. The van der Waals surface area contributed by atoms with E-state index in [0.29, 0.717) is 6.42 Å². The fraction of sp³-hybridized carbons (Fsp3) is 0.423. The first-order chi connectivity index (χ1) is 15.8. The second kappa shape index (κ2) is 11.0. The van der Waals surface area contributed by atoms with Gasteiger partial charge in [-0.2, -0.15) is 0 Å². The second-order valence-electron chi connectivity index (χ2n) is 8.53. The number of rotatable bonds is 10. The van der Waals surface area contributed by atoms with Gasteiger partial charge in [-0.25, -0.2) is 9.59 Å². The van der Waals surface area contributed by atoms with Crippen molar-refractivity contribution in [3.05, 3.63) is 59.7 Å². The van der Waals surface area contributed by atoms with Crippen LogP contribution in [0.1, 0.15) is 56.6 Å². The first kappa shape index (κ1) is 24.3. The number of carboxylic acids is 1. The van der Waals surface area contributed by atoms with Crippen molar-refractivity contribution < 1.29 is 24.2 Å². The number of hydrogen-bond donors (Lipinski definition) is 2. The second-order valence-corrected chi connectivity index (χ2v) is 8.53. The van der Waals surface area contributed by atoms with Crippen molar-refractivity contribution in [1.29, 1.82) is 0 Å². The van der Waals surface area contributed by atoms with E-state index in [-0.39, 0.29) is 24.9 Å². The zero-order chi connectivity index (χ0) is 24.0. The molecule has 0 aliphatic heterocycles. The number of nitrogens with zero attached hydrogens (tertiary/aromatic N) is 1. The molecule has 0 radical (unpaired) electrons. The molecule has 3 rings (SSSR count). The summed E-state index contributed by atoms with van der Waals surface area (Å²) in [7, 11) is 1.46. The molecule has 2 atom stereocenters. The molecule has 2 aromatic rings. The standard InChI is InChI=1S/C26H32N2O5/c1-4-5-10-18(15-24(29)28(3)17(2)25(30)31)27-26(32)33-16-23-21-13-8-6-11-19(21)20-12-7-9-14-22(20)23/h6-9,11-14,17-18,23H,4-5,10,15-16H2,1-3H3,(H,27,32)(H,30,31)/t17?,18-/m0/s1. The minimum absolute atomic E-state index is 0.0261. The van der Waals surface area contributed by atoms with Crippen LogP contribution in [0.5, 0.6) is 0 Å². The summed E-state index contributed by atoms with van der Waals surface area (Å²) in [6.07, 6.45) is 1.82. The predicted molar refractivity (Wildman–Crippen MR) is 126 cm³/mol. The summed E-state index contributed by atoms with van der Waals surface area (Å²) >= 11 is 0. The Kier molecular flexibility index (Phi) is 8.09. The van der Waals surface area contributed by atoms with Crippen molar-refractivity contribution in [2.24, 2.45) is 0 Å². The van der Waals surface area contributed by atoms with E-state index in [9.17, 15) is 14.4 Å². The number of carbonyl (C=O) groups excluding carboxylic acids is 2. The third kappa shape index (κ3) is 5.72. The summed E-state index contributed by atoms with van der Waals surface area (Å²) in [4.78, 5) is 37.6. The van der Waals surface area contributed by atoms with E-state index in [1.54, 1.807) is 0 Å². The van der Waals surface area contributed by atoms with Gasteiger partial charge in [0.25, 0.3) is 0 Å². The van der Waals surface area contributed by atoms with Gasteiger partial charge < -0.3 is 20.1 Å². The maximum atomic E-state index is 12.6. The Morgan fingerprint density at radius 1 is 1.06 bits per heavy atom. The van der Waals surface area contributed by atoms with Crippen LogP contribution in [0, 0.1) is 0 Å². The first-order valence-electron chi connectivity index (χ1n) is 11.4.